The second kappa shape index (κ2) is 7.11. The normalized spacial score (nSPS) is 17.4. The number of aliphatic carboxylic acids is 1. The smallest absolute Gasteiger partial charge is 0.326 e. The van der Waals surface area contributed by atoms with E-state index in [0.29, 0.717) is 6.42 Å². The lowest BCUT2D eigenvalue weighted by Crippen LogP contribution is -2.45. The SMILES string of the molecule is CCC(C)C(NC(=O)CCC(=O)NC1CC1)C(=O)O. The number of hydrogen-bond acceptors (Lipinski definition) is 3. The summed E-state index contributed by atoms with van der Waals surface area (Å²) in [7, 11) is 0. The molecule has 6 heteroatoms. The number of carboxylic acid groups (broad SMARTS) is 1. The van der Waals surface area contributed by atoms with E-state index in [0.717, 1.165) is 12.8 Å². The van der Waals surface area contributed by atoms with Crippen molar-refractivity contribution in [3.8, 4) is 0 Å². The molecule has 2 amide bonds. The van der Waals surface area contributed by atoms with Crippen molar-refractivity contribution < 1.29 is 19.5 Å². The zero-order valence-electron chi connectivity index (χ0n) is 11.4. The number of carbonyl (C=O) groups excluding carboxylic acids is 2. The topological polar surface area (TPSA) is 95.5 Å². The molecule has 19 heavy (non-hydrogen) atoms. The molecule has 0 aromatic heterocycles. The number of nitrogens with one attached hydrogen (secondary N) is 2. The van der Waals surface area contributed by atoms with E-state index < -0.39 is 17.9 Å². The van der Waals surface area contributed by atoms with Crippen molar-refractivity contribution in [3.63, 3.8) is 0 Å². The van der Waals surface area contributed by atoms with Gasteiger partial charge < -0.3 is 15.7 Å². The molecule has 0 radical (unpaired) electrons. The van der Waals surface area contributed by atoms with Crippen LogP contribution in [0.5, 0.6) is 0 Å². The summed E-state index contributed by atoms with van der Waals surface area (Å²) in [5.41, 5.74) is 0. The van der Waals surface area contributed by atoms with Gasteiger partial charge >= 0.3 is 5.97 Å². The molecule has 0 heterocycles. The van der Waals surface area contributed by atoms with E-state index in [2.05, 4.69) is 10.6 Å². The van der Waals surface area contributed by atoms with Gasteiger partial charge in [-0.25, -0.2) is 4.79 Å². The molecule has 1 aliphatic carbocycles. The Labute approximate surface area is 112 Å². The molecule has 3 N–H and O–H groups in total. The molecule has 2 atom stereocenters. The van der Waals surface area contributed by atoms with Gasteiger partial charge in [-0.2, -0.15) is 0 Å². The lowest BCUT2D eigenvalue weighted by Gasteiger charge is -2.20. The van der Waals surface area contributed by atoms with Gasteiger partial charge in [0.25, 0.3) is 0 Å². The highest BCUT2D eigenvalue weighted by molar-refractivity contribution is 5.87. The lowest BCUT2D eigenvalue weighted by molar-refractivity contribution is -0.143. The second-order valence-electron chi connectivity index (χ2n) is 5.11. The summed E-state index contributed by atoms with van der Waals surface area (Å²) in [6, 6.07) is -0.605. The van der Waals surface area contributed by atoms with Crippen molar-refractivity contribution in [2.24, 2.45) is 5.92 Å². The Kier molecular flexibility index (Phi) is 5.79. The van der Waals surface area contributed by atoms with Gasteiger partial charge in [-0.3, -0.25) is 9.59 Å². The summed E-state index contributed by atoms with van der Waals surface area (Å²) >= 11 is 0. The molecule has 2 unspecified atom stereocenters. The van der Waals surface area contributed by atoms with Crippen LogP contribution in [0.15, 0.2) is 0 Å². The Morgan fingerprint density at radius 1 is 1.21 bits per heavy atom. The Balaban J connectivity index is 2.30. The lowest BCUT2D eigenvalue weighted by atomic mass is 9.99. The van der Waals surface area contributed by atoms with Crippen molar-refractivity contribution in [3.05, 3.63) is 0 Å². The van der Waals surface area contributed by atoms with Gasteiger partial charge in [0.1, 0.15) is 6.04 Å². The highest BCUT2D eigenvalue weighted by Gasteiger charge is 2.26. The van der Waals surface area contributed by atoms with E-state index in [4.69, 9.17) is 5.11 Å². The monoisotopic (exact) mass is 270 g/mol. The van der Waals surface area contributed by atoms with E-state index in [1.165, 1.54) is 0 Å². The maximum atomic E-state index is 11.6. The largest absolute Gasteiger partial charge is 0.480 e. The Hall–Kier alpha value is -1.59. The predicted octanol–water partition coefficient (Wildman–Crippen LogP) is 0.661. The predicted molar refractivity (Wildman–Crippen MR) is 69.4 cm³/mol. The first-order valence-corrected chi connectivity index (χ1v) is 6.75. The molecule has 1 aliphatic rings. The molecular weight excluding hydrogens is 248 g/mol. The van der Waals surface area contributed by atoms with Gasteiger partial charge in [0.2, 0.25) is 11.8 Å². The Morgan fingerprint density at radius 3 is 2.26 bits per heavy atom. The molecule has 108 valence electrons. The van der Waals surface area contributed by atoms with Crippen LogP contribution < -0.4 is 10.6 Å². The summed E-state index contributed by atoms with van der Waals surface area (Å²) in [6.07, 6.45) is 2.81. The molecule has 6 nitrogen and oxygen atoms in total. The molecular formula is C13H22N2O4. The average Bonchev–Trinajstić information content (AvgIpc) is 3.16. The molecule has 0 aliphatic heterocycles. The number of carboxylic acids is 1. The van der Waals surface area contributed by atoms with Gasteiger partial charge in [-0.1, -0.05) is 20.3 Å². The van der Waals surface area contributed by atoms with Crippen LogP contribution in [-0.4, -0.2) is 35.0 Å². The van der Waals surface area contributed by atoms with Crippen LogP contribution in [0.2, 0.25) is 0 Å². The zero-order chi connectivity index (χ0) is 14.4. The first-order valence-electron chi connectivity index (χ1n) is 6.75. The maximum Gasteiger partial charge on any atom is 0.326 e. The molecule has 0 spiro atoms. The van der Waals surface area contributed by atoms with Crippen molar-refractivity contribution in [2.45, 2.75) is 58.0 Å². The fourth-order valence-electron chi connectivity index (χ4n) is 1.68. The van der Waals surface area contributed by atoms with Crippen molar-refractivity contribution >= 4 is 17.8 Å². The van der Waals surface area contributed by atoms with E-state index >= 15 is 0 Å². The van der Waals surface area contributed by atoms with Crippen LogP contribution in [0.25, 0.3) is 0 Å². The first-order chi connectivity index (χ1) is 8.93. The maximum absolute atomic E-state index is 11.6. The van der Waals surface area contributed by atoms with Crippen LogP contribution >= 0.6 is 0 Å². The third kappa shape index (κ3) is 5.72. The number of rotatable bonds is 8. The van der Waals surface area contributed by atoms with Gasteiger partial charge in [-0.05, 0) is 18.8 Å². The minimum Gasteiger partial charge on any atom is -0.480 e. The van der Waals surface area contributed by atoms with Gasteiger partial charge in [0.15, 0.2) is 0 Å². The summed E-state index contributed by atoms with van der Waals surface area (Å²) in [5.74, 6) is -1.71. The average molecular weight is 270 g/mol. The van der Waals surface area contributed by atoms with E-state index in [1.54, 1.807) is 6.92 Å². The van der Waals surface area contributed by atoms with Gasteiger partial charge in [0.05, 0.1) is 0 Å². The third-order valence-electron chi connectivity index (χ3n) is 3.32. The summed E-state index contributed by atoms with van der Waals surface area (Å²) in [5, 5.41) is 14.3. The van der Waals surface area contributed by atoms with Crippen LogP contribution in [0.3, 0.4) is 0 Å². The molecule has 0 saturated heterocycles. The van der Waals surface area contributed by atoms with E-state index in [9.17, 15) is 14.4 Å². The molecule has 1 rings (SSSR count). The standard InChI is InChI=1S/C13H22N2O4/c1-3-8(2)12(13(18)19)15-11(17)7-6-10(16)14-9-4-5-9/h8-9,12H,3-7H2,1-2H3,(H,14,16)(H,15,17)(H,18,19). The Morgan fingerprint density at radius 2 is 1.79 bits per heavy atom. The second-order valence-corrected chi connectivity index (χ2v) is 5.11. The summed E-state index contributed by atoms with van der Waals surface area (Å²) < 4.78 is 0. The van der Waals surface area contributed by atoms with Crippen molar-refractivity contribution in [1.29, 1.82) is 0 Å². The highest BCUT2D eigenvalue weighted by Crippen LogP contribution is 2.18. The quantitative estimate of drug-likeness (QED) is 0.604. The Bertz CT molecular complexity index is 353. The number of amides is 2. The van der Waals surface area contributed by atoms with Gasteiger partial charge in [-0.15, -0.1) is 0 Å². The zero-order valence-corrected chi connectivity index (χ0v) is 11.4. The number of hydrogen-bond donors (Lipinski definition) is 3. The van der Waals surface area contributed by atoms with Crippen molar-refractivity contribution in [2.75, 3.05) is 0 Å². The fourth-order valence-corrected chi connectivity index (χ4v) is 1.68. The highest BCUT2D eigenvalue weighted by atomic mass is 16.4. The summed E-state index contributed by atoms with van der Waals surface area (Å²) in [4.78, 5) is 34.1. The number of carbonyl (C=O) groups is 3. The molecule has 0 aromatic rings. The molecule has 0 bridgehead atoms. The minimum atomic E-state index is -1.04. The fraction of sp³-hybridized carbons (Fsp3) is 0.769. The van der Waals surface area contributed by atoms with Crippen molar-refractivity contribution in [1.82, 2.24) is 10.6 Å². The van der Waals surface area contributed by atoms with Crippen LogP contribution in [0, 0.1) is 5.92 Å². The molecule has 1 saturated carbocycles. The third-order valence-corrected chi connectivity index (χ3v) is 3.32. The molecule has 0 aromatic carbocycles. The van der Waals surface area contributed by atoms with E-state index in [1.807, 2.05) is 6.92 Å². The minimum absolute atomic E-state index is 0.0266. The van der Waals surface area contributed by atoms with Crippen LogP contribution in [0.4, 0.5) is 0 Å². The summed E-state index contributed by atoms with van der Waals surface area (Å²) in [6.45, 7) is 3.65. The molecule has 1 fully saturated rings. The van der Waals surface area contributed by atoms with Crippen LogP contribution in [-0.2, 0) is 14.4 Å². The van der Waals surface area contributed by atoms with Crippen LogP contribution in [0.1, 0.15) is 46.0 Å². The van der Waals surface area contributed by atoms with E-state index in [-0.39, 0.29) is 30.7 Å². The first kappa shape index (κ1) is 15.5. The van der Waals surface area contributed by atoms with Gasteiger partial charge in [0, 0.05) is 18.9 Å².